The first-order valence-corrected chi connectivity index (χ1v) is 14.9. The van der Waals surface area contributed by atoms with Gasteiger partial charge < -0.3 is 15.2 Å². The van der Waals surface area contributed by atoms with E-state index >= 15 is 0 Å². The van der Waals surface area contributed by atoms with Gasteiger partial charge >= 0.3 is 11.9 Å². The lowest BCUT2D eigenvalue weighted by molar-refractivity contribution is -0.384. The summed E-state index contributed by atoms with van der Waals surface area (Å²) >= 11 is 1.39. The van der Waals surface area contributed by atoms with Gasteiger partial charge in [0.2, 0.25) is 0 Å². The van der Waals surface area contributed by atoms with Gasteiger partial charge in [0.15, 0.2) is 5.78 Å². The number of Topliss-reactive ketones (excluding diaryl/α,β-unsaturated/α-hetero) is 1. The molecule has 10 nitrogen and oxygen atoms in total. The normalized spacial score (nSPS) is 20.0. The minimum atomic E-state index is -1.22. The average molecular weight is 620 g/mol. The molecule has 0 saturated heterocycles. The summed E-state index contributed by atoms with van der Waals surface area (Å²) < 4.78 is 24.9. The number of nitro groups is 1. The monoisotopic (exact) mass is 619 g/mol. The van der Waals surface area contributed by atoms with Gasteiger partial charge in [-0.25, -0.2) is 9.18 Å². The molecule has 3 atom stereocenters. The Morgan fingerprint density at radius 2 is 1.82 bits per heavy atom. The molecule has 0 radical (unpaired) electrons. The predicted molar refractivity (Wildman–Crippen MR) is 161 cm³/mol. The molecule has 2 heterocycles. The second kappa shape index (κ2) is 12.4. The Kier molecular flexibility index (Phi) is 8.63. The number of esters is 2. The number of carbonyl (C=O) groups excluding carboxylic acids is 3. The van der Waals surface area contributed by atoms with E-state index in [0.717, 1.165) is 4.88 Å². The maximum atomic E-state index is 14.7. The molecule has 3 aromatic rings. The number of non-ortho nitro benzene ring substituents is 1. The zero-order chi connectivity index (χ0) is 31.7. The number of aryl methyl sites for hydroxylation is 1. The molecule has 2 aliphatic rings. The summed E-state index contributed by atoms with van der Waals surface area (Å²) in [5, 5.41) is 13.4. The van der Waals surface area contributed by atoms with Crippen LogP contribution in [0.4, 0.5) is 15.8 Å². The summed E-state index contributed by atoms with van der Waals surface area (Å²) in [6, 6.07) is 13.2. The van der Waals surface area contributed by atoms with Gasteiger partial charge in [-0.1, -0.05) is 18.2 Å². The average Bonchev–Trinajstić information content (AvgIpc) is 3.52. The van der Waals surface area contributed by atoms with Crippen LogP contribution in [0.15, 0.2) is 82.6 Å². The number of hydrogen-bond donors (Lipinski definition) is 1. The van der Waals surface area contributed by atoms with Crippen molar-refractivity contribution < 1.29 is 33.2 Å². The fourth-order valence-electron chi connectivity index (χ4n) is 5.98. The number of carbonyl (C=O) groups is 3. The fraction of sp³-hybridized carbons (Fsp3) is 0.281. The predicted octanol–water partition coefficient (Wildman–Crippen LogP) is 5.63. The van der Waals surface area contributed by atoms with Crippen LogP contribution in [0.2, 0.25) is 0 Å². The lowest BCUT2D eigenvalue weighted by atomic mass is 9.68. The van der Waals surface area contributed by atoms with E-state index in [1.54, 1.807) is 25.7 Å². The van der Waals surface area contributed by atoms with Gasteiger partial charge in [-0.05, 0) is 68.0 Å². The van der Waals surface area contributed by atoms with Gasteiger partial charge in [0.05, 0.1) is 35.3 Å². The van der Waals surface area contributed by atoms with Crippen LogP contribution in [0.25, 0.3) is 0 Å². The molecular weight excluding hydrogens is 589 g/mol. The maximum Gasteiger partial charge on any atom is 0.338 e. The van der Waals surface area contributed by atoms with Crippen molar-refractivity contribution in [3.05, 3.63) is 115 Å². The van der Waals surface area contributed by atoms with E-state index in [4.69, 9.17) is 15.2 Å². The molecule has 1 aromatic heterocycles. The highest BCUT2D eigenvalue weighted by atomic mass is 32.1. The topological polar surface area (TPSA) is 142 Å². The van der Waals surface area contributed by atoms with E-state index < -0.39 is 46.2 Å². The van der Waals surface area contributed by atoms with Gasteiger partial charge in [-0.2, -0.15) is 0 Å². The maximum absolute atomic E-state index is 14.7. The number of thiophene rings is 1. The number of ketones is 1. The number of anilines is 1. The van der Waals surface area contributed by atoms with Crippen LogP contribution in [0.3, 0.4) is 0 Å². The van der Waals surface area contributed by atoms with E-state index in [1.807, 2.05) is 17.5 Å². The van der Waals surface area contributed by atoms with Crippen molar-refractivity contribution in [2.75, 3.05) is 18.1 Å². The van der Waals surface area contributed by atoms with Crippen molar-refractivity contribution in [1.82, 2.24) is 0 Å². The first-order valence-electron chi connectivity index (χ1n) is 14.0. The SMILES string of the molecule is CCOC(=O)C1=C(N)N(c2ccc([N+](=O)[O-])cc2C)C2=C(C(=O)C(C(=O)OCC)C(c3cccs3)C2)C1c1ccc(F)cc1. The van der Waals surface area contributed by atoms with Crippen molar-refractivity contribution in [2.45, 2.75) is 39.0 Å². The summed E-state index contributed by atoms with van der Waals surface area (Å²) in [7, 11) is 0. The Bertz CT molecular complexity index is 1700. The number of hydrogen-bond acceptors (Lipinski definition) is 10. The summed E-state index contributed by atoms with van der Waals surface area (Å²) in [6.45, 7) is 5.01. The van der Waals surface area contributed by atoms with Crippen LogP contribution >= 0.6 is 11.3 Å². The van der Waals surface area contributed by atoms with Crippen LogP contribution in [0, 0.1) is 28.8 Å². The molecule has 228 valence electrons. The number of nitrogens with two attached hydrogens (primary N) is 1. The second-order valence-corrected chi connectivity index (χ2v) is 11.3. The standard InChI is InChI=1S/C32H30FN3O7S/c1-4-42-31(38)26-21(24-7-6-14-44-24)16-23-27(29(26)37)25(18-8-10-19(33)11-9-18)28(32(39)43-5-2)30(34)35(23)22-13-12-20(36(40)41)15-17(22)3/h6-15,21,25-26H,4-5,16,34H2,1-3H3. The van der Waals surface area contributed by atoms with Crippen molar-refractivity contribution in [3.8, 4) is 0 Å². The number of allylic oxidation sites excluding steroid dienone is 2. The van der Waals surface area contributed by atoms with E-state index in [2.05, 4.69) is 0 Å². The van der Waals surface area contributed by atoms with Crippen LogP contribution < -0.4 is 10.6 Å². The fourth-order valence-corrected chi connectivity index (χ4v) is 6.84. The molecule has 1 aliphatic carbocycles. The van der Waals surface area contributed by atoms with Gasteiger partial charge in [0.1, 0.15) is 17.6 Å². The molecule has 2 aromatic carbocycles. The van der Waals surface area contributed by atoms with Gasteiger partial charge in [-0.3, -0.25) is 24.6 Å². The molecule has 0 saturated carbocycles. The molecule has 3 unspecified atom stereocenters. The number of nitrogens with zero attached hydrogens (tertiary/aromatic N) is 2. The Labute approximate surface area is 256 Å². The van der Waals surface area contributed by atoms with Gasteiger partial charge in [0, 0.05) is 34.2 Å². The number of rotatable bonds is 8. The number of benzene rings is 2. The third-order valence-corrected chi connectivity index (χ3v) is 8.82. The zero-order valence-corrected chi connectivity index (χ0v) is 25.1. The third-order valence-electron chi connectivity index (χ3n) is 7.82. The minimum Gasteiger partial charge on any atom is -0.465 e. The Morgan fingerprint density at radius 3 is 2.41 bits per heavy atom. The summed E-state index contributed by atoms with van der Waals surface area (Å²) in [6.07, 6.45) is 0.149. The largest absolute Gasteiger partial charge is 0.465 e. The van der Waals surface area contributed by atoms with Crippen LogP contribution in [0.1, 0.15) is 48.1 Å². The molecule has 2 N–H and O–H groups in total. The van der Waals surface area contributed by atoms with E-state index in [0.29, 0.717) is 22.5 Å². The third kappa shape index (κ3) is 5.37. The lowest BCUT2D eigenvalue weighted by Crippen LogP contribution is -2.46. The highest BCUT2D eigenvalue weighted by Gasteiger charge is 2.51. The molecule has 44 heavy (non-hydrogen) atoms. The molecule has 0 fully saturated rings. The minimum absolute atomic E-state index is 0.00800. The van der Waals surface area contributed by atoms with Crippen molar-refractivity contribution in [3.63, 3.8) is 0 Å². The highest BCUT2D eigenvalue weighted by Crippen LogP contribution is 2.52. The van der Waals surface area contributed by atoms with Gasteiger partial charge in [0.25, 0.3) is 5.69 Å². The zero-order valence-electron chi connectivity index (χ0n) is 24.2. The van der Waals surface area contributed by atoms with Crippen molar-refractivity contribution in [2.24, 2.45) is 11.7 Å². The molecular formula is C32H30FN3O7S. The summed E-state index contributed by atoms with van der Waals surface area (Å²) in [4.78, 5) is 55.1. The Hall–Kier alpha value is -4.84. The molecule has 0 spiro atoms. The smallest absolute Gasteiger partial charge is 0.338 e. The Morgan fingerprint density at radius 1 is 1.11 bits per heavy atom. The van der Waals surface area contributed by atoms with E-state index in [9.17, 15) is 28.9 Å². The summed E-state index contributed by atoms with van der Waals surface area (Å²) in [5.74, 6) is -5.54. The second-order valence-electron chi connectivity index (χ2n) is 10.3. The number of nitro benzene ring substituents is 1. The Balaban J connectivity index is 1.83. The molecule has 1 aliphatic heterocycles. The van der Waals surface area contributed by atoms with E-state index in [1.165, 1.54) is 53.8 Å². The first-order chi connectivity index (χ1) is 21.1. The first kappa shape index (κ1) is 30.6. The lowest BCUT2D eigenvalue weighted by Gasteiger charge is -2.44. The highest BCUT2D eigenvalue weighted by molar-refractivity contribution is 7.10. The molecule has 0 amide bonds. The van der Waals surface area contributed by atoms with Crippen molar-refractivity contribution in [1.29, 1.82) is 0 Å². The van der Waals surface area contributed by atoms with Gasteiger partial charge in [-0.15, -0.1) is 11.3 Å². The molecule has 5 rings (SSSR count). The van der Waals surface area contributed by atoms with Crippen LogP contribution in [-0.4, -0.2) is 35.9 Å². The molecule has 12 heteroatoms. The van der Waals surface area contributed by atoms with Crippen LogP contribution in [0.5, 0.6) is 0 Å². The molecule has 0 bridgehead atoms. The van der Waals surface area contributed by atoms with E-state index in [-0.39, 0.29) is 42.3 Å². The quantitative estimate of drug-likeness (QED) is 0.147. The van der Waals surface area contributed by atoms with Crippen LogP contribution in [-0.2, 0) is 23.9 Å². The number of ether oxygens (including phenoxy) is 2. The summed E-state index contributed by atoms with van der Waals surface area (Å²) in [5.41, 5.74) is 8.43. The number of halogens is 1. The van der Waals surface area contributed by atoms with Crippen molar-refractivity contribution >= 4 is 40.4 Å².